The molecular formula is C20H21N3O3S. The first-order chi connectivity index (χ1) is 13.0. The van der Waals surface area contributed by atoms with Crippen LogP contribution in [0.2, 0.25) is 0 Å². The van der Waals surface area contributed by atoms with Crippen LogP contribution in [0.4, 0.5) is 10.8 Å². The van der Waals surface area contributed by atoms with Gasteiger partial charge in [0.25, 0.3) is 0 Å². The molecule has 3 aliphatic rings. The maximum Gasteiger partial charge on any atom is 0.309 e. The van der Waals surface area contributed by atoms with Crippen LogP contribution in [0, 0.1) is 10.8 Å². The number of aromatic nitrogens is 1. The molecule has 140 valence electrons. The SMILES string of the molecule is O=C(O)C12CCC(C(=O)Nc3cccc4c3CN(c3nccs3)C4)(CC1)C2. The van der Waals surface area contributed by atoms with Gasteiger partial charge in [0.15, 0.2) is 5.13 Å². The fraction of sp³-hybridized carbons (Fsp3) is 0.450. The zero-order valence-corrected chi connectivity index (χ0v) is 15.7. The third kappa shape index (κ3) is 2.48. The highest BCUT2D eigenvalue weighted by Crippen LogP contribution is 2.62. The van der Waals surface area contributed by atoms with Crippen molar-refractivity contribution >= 4 is 34.0 Å². The van der Waals surface area contributed by atoms with Crippen LogP contribution in [-0.2, 0) is 22.7 Å². The van der Waals surface area contributed by atoms with E-state index in [-0.39, 0.29) is 5.91 Å². The fourth-order valence-electron chi connectivity index (χ4n) is 5.11. The number of hydrogen-bond acceptors (Lipinski definition) is 5. The number of thiazole rings is 1. The molecule has 2 N–H and O–H groups in total. The second kappa shape index (κ2) is 5.79. The Bertz CT molecular complexity index is 917. The van der Waals surface area contributed by atoms with Crippen LogP contribution in [0.1, 0.15) is 43.2 Å². The molecule has 2 fully saturated rings. The van der Waals surface area contributed by atoms with Crippen LogP contribution in [0.15, 0.2) is 29.8 Å². The summed E-state index contributed by atoms with van der Waals surface area (Å²) in [6, 6.07) is 6.02. The van der Waals surface area contributed by atoms with Crippen molar-refractivity contribution in [1.82, 2.24) is 4.98 Å². The molecular weight excluding hydrogens is 362 g/mol. The molecule has 0 saturated heterocycles. The van der Waals surface area contributed by atoms with Gasteiger partial charge in [-0.15, -0.1) is 11.3 Å². The van der Waals surface area contributed by atoms with E-state index in [0.717, 1.165) is 29.5 Å². The number of amides is 1. The molecule has 1 aromatic carbocycles. The van der Waals surface area contributed by atoms with E-state index in [1.165, 1.54) is 5.56 Å². The van der Waals surface area contributed by atoms with Crippen molar-refractivity contribution in [3.8, 4) is 0 Å². The van der Waals surface area contributed by atoms with Crippen LogP contribution in [0.5, 0.6) is 0 Å². The highest BCUT2D eigenvalue weighted by molar-refractivity contribution is 7.13. The van der Waals surface area contributed by atoms with Crippen LogP contribution in [0.3, 0.4) is 0 Å². The van der Waals surface area contributed by atoms with Gasteiger partial charge in [-0.25, -0.2) is 4.98 Å². The average molecular weight is 383 g/mol. The molecule has 2 aliphatic carbocycles. The number of fused-ring (bicyclic) bond motifs is 3. The number of benzene rings is 1. The van der Waals surface area contributed by atoms with Gasteiger partial charge in [0, 0.05) is 35.9 Å². The van der Waals surface area contributed by atoms with Crippen molar-refractivity contribution in [2.75, 3.05) is 10.2 Å². The Balaban J connectivity index is 1.37. The second-order valence-corrected chi connectivity index (χ2v) is 8.98. The van der Waals surface area contributed by atoms with Crippen LogP contribution in [0.25, 0.3) is 0 Å². The van der Waals surface area contributed by atoms with E-state index < -0.39 is 16.8 Å². The van der Waals surface area contributed by atoms with E-state index in [1.807, 2.05) is 17.5 Å². The zero-order chi connectivity index (χ0) is 18.6. The Morgan fingerprint density at radius 1 is 1.15 bits per heavy atom. The number of carboxylic acid groups (broad SMARTS) is 1. The Morgan fingerprint density at radius 2 is 1.93 bits per heavy atom. The summed E-state index contributed by atoms with van der Waals surface area (Å²) >= 11 is 1.61. The number of aliphatic carboxylic acids is 1. The molecule has 1 aliphatic heterocycles. The van der Waals surface area contributed by atoms with Gasteiger partial charge in [0.05, 0.1) is 10.8 Å². The van der Waals surface area contributed by atoms with E-state index in [1.54, 1.807) is 17.5 Å². The van der Waals surface area contributed by atoms with Crippen molar-refractivity contribution in [3.63, 3.8) is 0 Å². The van der Waals surface area contributed by atoms with Gasteiger partial charge in [-0.1, -0.05) is 12.1 Å². The van der Waals surface area contributed by atoms with Gasteiger partial charge in [-0.2, -0.15) is 0 Å². The summed E-state index contributed by atoms with van der Waals surface area (Å²) in [4.78, 5) is 31.4. The van der Waals surface area contributed by atoms with Gasteiger partial charge < -0.3 is 15.3 Å². The maximum atomic E-state index is 13.1. The molecule has 2 bridgehead atoms. The minimum Gasteiger partial charge on any atom is -0.481 e. The van der Waals surface area contributed by atoms with Gasteiger partial charge in [-0.05, 0) is 43.7 Å². The first kappa shape index (κ1) is 16.7. The first-order valence-corrected chi connectivity index (χ1v) is 10.2. The van der Waals surface area contributed by atoms with Crippen molar-refractivity contribution < 1.29 is 14.7 Å². The lowest BCUT2D eigenvalue weighted by atomic mass is 9.81. The summed E-state index contributed by atoms with van der Waals surface area (Å²) in [5.74, 6) is -0.751. The minimum atomic E-state index is -0.741. The van der Waals surface area contributed by atoms with Crippen molar-refractivity contribution in [1.29, 1.82) is 0 Å². The summed E-state index contributed by atoms with van der Waals surface area (Å²) < 4.78 is 0. The lowest BCUT2D eigenvalue weighted by Gasteiger charge is -2.26. The highest BCUT2D eigenvalue weighted by Gasteiger charge is 2.61. The monoisotopic (exact) mass is 383 g/mol. The molecule has 7 heteroatoms. The standard InChI is InChI=1S/C20H21N3O3S/c24-16(19-4-6-20(12-19,7-5-19)17(25)26)22-15-3-1-2-13-10-23(11-14(13)15)18-21-8-9-27-18/h1-3,8-9H,4-7,10-12H2,(H,22,24)(H,25,26). The summed E-state index contributed by atoms with van der Waals surface area (Å²) in [6.07, 6.45) is 4.85. The molecule has 0 unspecified atom stereocenters. The number of carbonyl (C=O) groups excluding carboxylic acids is 1. The fourth-order valence-corrected chi connectivity index (χ4v) is 5.75. The molecule has 1 aromatic heterocycles. The van der Waals surface area contributed by atoms with E-state index in [4.69, 9.17) is 0 Å². The quantitative estimate of drug-likeness (QED) is 0.842. The molecule has 27 heavy (non-hydrogen) atoms. The number of nitrogens with one attached hydrogen (secondary N) is 1. The predicted octanol–water partition coefficient (Wildman–Crippen LogP) is 3.64. The Labute approximate surface area is 161 Å². The highest BCUT2D eigenvalue weighted by atomic mass is 32.1. The molecule has 6 nitrogen and oxygen atoms in total. The largest absolute Gasteiger partial charge is 0.481 e. The van der Waals surface area contributed by atoms with Crippen molar-refractivity contribution in [2.45, 2.75) is 45.2 Å². The lowest BCUT2D eigenvalue weighted by molar-refractivity contribution is -0.148. The molecule has 0 spiro atoms. The summed E-state index contributed by atoms with van der Waals surface area (Å²) in [7, 11) is 0. The normalized spacial score (nSPS) is 28.4. The summed E-state index contributed by atoms with van der Waals surface area (Å²) in [5, 5.41) is 15.7. The number of nitrogens with zero attached hydrogens (tertiary/aromatic N) is 2. The van der Waals surface area contributed by atoms with Crippen molar-refractivity contribution in [3.05, 3.63) is 40.9 Å². The molecule has 2 heterocycles. The van der Waals surface area contributed by atoms with Gasteiger partial charge in [0.1, 0.15) is 0 Å². The molecule has 2 saturated carbocycles. The van der Waals surface area contributed by atoms with Gasteiger partial charge in [0.2, 0.25) is 5.91 Å². The predicted molar refractivity (Wildman–Crippen MR) is 103 cm³/mol. The molecule has 5 rings (SSSR count). The number of anilines is 2. The van der Waals surface area contributed by atoms with E-state index in [9.17, 15) is 14.7 Å². The van der Waals surface area contributed by atoms with Crippen LogP contribution in [-0.4, -0.2) is 22.0 Å². The van der Waals surface area contributed by atoms with E-state index in [0.29, 0.717) is 32.1 Å². The molecule has 2 aromatic rings. The van der Waals surface area contributed by atoms with Crippen LogP contribution < -0.4 is 10.2 Å². The topological polar surface area (TPSA) is 82.5 Å². The summed E-state index contributed by atoms with van der Waals surface area (Å²) in [6.45, 7) is 1.52. The Morgan fingerprint density at radius 3 is 2.59 bits per heavy atom. The third-order valence-electron chi connectivity index (χ3n) is 6.70. The molecule has 1 amide bonds. The number of carboxylic acids is 1. The van der Waals surface area contributed by atoms with Crippen molar-refractivity contribution in [2.24, 2.45) is 10.8 Å². The third-order valence-corrected chi connectivity index (χ3v) is 7.53. The minimum absolute atomic E-state index is 0.00998. The second-order valence-electron chi connectivity index (χ2n) is 8.11. The molecule has 0 atom stereocenters. The number of carbonyl (C=O) groups is 2. The van der Waals surface area contributed by atoms with E-state index in [2.05, 4.69) is 21.3 Å². The Hall–Kier alpha value is -2.41. The first-order valence-electron chi connectivity index (χ1n) is 9.32. The summed E-state index contributed by atoms with van der Waals surface area (Å²) in [5.41, 5.74) is 1.99. The van der Waals surface area contributed by atoms with Crippen LogP contribution >= 0.6 is 11.3 Å². The average Bonchev–Trinajstić information content (AvgIpc) is 3.43. The zero-order valence-electron chi connectivity index (χ0n) is 14.9. The molecule has 0 radical (unpaired) electrons. The van der Waals surface area contributed by atoms with Gasteiger partial charge in [-0.3, -0.25) is 9.59 Å². The van der Waals surface area contributed by atoms with Gasteiger partial charge >= 0.3 is 5.97 Å². The lowest BCUT2D eigenvalue weighted by Crippen LogP contribution is -2.32. The van der Waals surface area contributed by atoms with E-state index >= 15 is 0 Å². The smallest absolute Gasteiger partial charge is 0.309 e. The maximum absolute atomic E-state index is 13.1. The number of hydrogen-bond donors (Lipinski definition) is 2. The number of rotatable bonds is 4. The Kier molecular flexibility index (Phi) is 3.59.